The average molecular weight is 248 g/mol. The van der Waals surface area contributed by atoms with Gasteiger partial charge in [-0.05, 0) is 31.2 Å². The molecule has 1 aliphatic carbocycles. The number of aliphatic hydroxyl groups excluding tert-OH is 1. The largest absolute Gasteiger partial charge is 0.391 e. The minimum atomic E-state index is -0.378. The fourth-order valence-corrected chi connectivity index (χ4v) is 2.90. The third kappa shape index (κ3) is 3.82. The molecule has 1 aromatic rings. The van der Waals surface area contributed by atoms with Gasteiger partial charge in [-0.3, -0.25) is 0 Å². The lowest BCUT2D eigenvalue weighted by Crippen LogP contribution is -2.35. The molecule has 0 radical (unpaired) electrons. The number of ether oxygens (including phenoxy) is 1. The SMILES string of the molecule is C[C@H](O)[C@H](OCc1ccccc1)C1CCCCC1. The van der Waals surface area contributed by atoms with Crippen LogP contribution in [0.1, 0.15) is 44.6 Å². The zero-order valence-electron chi connectivity index (χ0n) is 11.2. The van der Waals surface area contributed by atoms with Crippen LogP contribution in [0.4, 0.5) is 0 Å². The highest BCUT2D eigenvalue weighted by molar-refractivity contribution is 5.13. The van der Waals surface area contributed by atoms with Crippen LogP contribution in [0, 0.1) is 5.92 Å². The second kappa shape index (κ2) is 6.91. The van der Waals surface area contributed by atoms with Crippen LogP contribution in [0.25, 0.3) is 0 Å². The summed E-state index contributed by atoms with van der Waals surface area (Å²) >= 11 is 0. The van der Waals surface area contributed by atoms with Gasteiger partial charge >= 0.3 is 0 Å². The van der Waals surface area contributed by atoms with Crippen LogP contribution in [-0.4, -0.2) is 17.3 Å². The lowest BCUT2D eigenvalue weighted by Gasteiger charge is -2.32. The molecular formula is C16H24O2. The van der Waals surface area contributed by atoms with Crippen molar-refractivity contribution in [3.05, 3.63) is 35.9 Å². The third-order valence-corrected chi connectivity index (χ3v) is 3.88. The molecule has 1 N–H and O–H groups in total. The van der Waals surface area contributed by atoms with Gasteiger partial charge in [-0.2, -0.15) is 0 Å². The van der Waals surface area contributed by atoms with E-state index in [9.17, 15) is 5.11 Å². The van der Waals surface area contributed by atoms with E-state index >= 15 is 0 Å². The van der Waals surface area contributed by atoms with Crippen LogP contribution in [-0.2, 0) is 11.3 Å². The number of hydrogen-bond acceptors (Lipinski definition) is 2. The monoisotopic (exact) mass is 248 g/mol. The van der Waals surface area contributed by atoms with Crippen molar-refractivity contribution in [2.75, 3.05) is 0 Å². The van der Waals surface area contributed by atoms with Crippen molar-refractivity contribution in [1.29, 1.82) is 0 Å². The molecule has 0 unspecified atom stereocenters. The van der Waals surface area contributed by atoms with Gasteiger partial charge in [-0.15, -0.1) is 0 Å². The van der Waals surface area contributed by atoms with E-state index in [4.69, 9.17) is 4.74 Å². The van der Waals surface area contributed by atoms with Crippen molar-refractivity contribution < 1.29 is 9.84 Å². The molecule has 1 saturated carbocycles. The Hall–Kier alpha value is -0.860. The predicted octanol–water partition coefficient (Wildman–Crippen LogP) is 3.53. The smallest absolute Gasteiger partial charge is 0.0863 e. The molecule has 0 bridgehead atoms. The molecule has 2 heteroatoms. The van der Waals surface area contributed by atoms with Crippen LogP contribution in [0.3, 0.4) is 0 Å². The Morgan fingerprint density at radius 3 is 2.44 bits per heavy atom. The summed E-state index contributed by atoms with van der Waals surface area (Å²) in [6.07, 6.45) is 5.91. The number of aliphatic hydroxyl groups is 1. The van der Waals surface area contributed by atoms with Gasteiger partial charge < -0.3 is 9.84 Å². The van der Waals surface area contributed by atoms with Crippen molar-refractivity contribution in [3.8, 4) is 0 Å². The molecule has 0 aliphatic heterocycles. The topological polar surface area (TPSA) is 29.5 Å². The summed E-state index contributed by atoms with van der Waals surface area (Å²) in [4.78, 5) is 0. The van der Waals surface area contributed by atoms with Gasteiger partial charge in [0.05, 0.1) is 18.8 Å². The first-order chi connectivity index (χ1) is 8.77. The van der Waals surface area contributed by atoms with E-state index in [1.165, 1.54) is 37.7 Å². The van der Waals surface area contributed by atoms with E-state index in [1.807, 2.05) is 25.1 Å². The second-order valence-corrected chi connectivity index (χ2v) is 5.40. The first kappa shape index (κ1) is 13.6. The van der Waals surface area contributed by atoms with Crippen molar-refractivity contribution in [1.82, 2.24) is 0 Å². The highest BCUT2D eigenvalue weighted by Gasteiger charge is 2.27. The Bertz CT molecular complexity index is 328. The summed E-state index contributed by atoms with van der Waals surface area (Å²) in [6.45, 7) is 2.46. The predicted molar refractivity (Wildman–Crippen MR) is 73.3 cm³/mol. The van der Waals surface area contributed by atoms with Crippen LogP contribution in [0.15, 0.2) is 30.3 Å². The van der Waals surface area contributed by atoms with Crippen LogP contribution >= 0.6 is 0 Å². The number of benzene rings is 1. The minimum Gasteiger partial charge on any atom is -0.391 e. The lowest BCUT2D eigenvalue weighted by atomic mass is 9.83. The zero-order valence-corrected chi connectivity index (χ0v) is 11.2. The first-order valence-electron chi connectivity index (χ1n) is 7.11. The number of hydrogen-bond donors (Lipinski definition) is 1. The molecule has 18 heavy (non-hydrogen) atoms. The molecule has 0 amide bonds. The summed E-state index contributed by atoms with van der Waals surface area (Å²) in [5.74, 6) is 0.530. The van der Waals surface area contributed by atoms with E-state index in [2.05, 4.69) is 12.1 Å². The molecule has 0 saturated heterocycles. The molecule has 0 aromatic heterocycles. The van der Waals surface area contributed by atoms with E-state index in [0.717, 1.165) is 0 Å². The standard InChI is InChI=1S/C16H24O2/c1-13(17)16(15-10-6-3-7-11-15)18-12-14-8-4-2-5-9-14/h2,4-5,8-9,13,15-17H,3,6-7,10-12H2,1H3/t13-,16-/m0/s1. The Morgan fingerprint density at radius 1 is 1.17 bits per heavy atom. The van der Waals surface area contributed by atoms with E-state index < -0.39 is 0 Å². The summed E-state index contributed by atoms with van der Waals surface area (Å²) in [5.41, 5.74) is 1.18. The average Bonchev–Trinajstić information content (AvgIpc) is 2.41. The maximum atomic E-state index is 9.92. The van der Waals surface area contributed by atoms with Crippen molar-refractivity contribution in [2.24, 2.45) is 5.92 Å². The lowest BCUT2D eigenvalue weighted by molar-refractivity contribution is -0.0771. The van der Waals surface area contributed by atoms with Gasteiger partial charge in [-0.25, -0.2) is 0 Å². The van der Waals surface area contributed by atoms with Gasteiger partial charge in [0.1, 0.15) is 0 Å². The van der Waals surface area contributed by atoms with Gasteiger partial charge in [0.25, 0.3) is 0 Å². The maximum Gasteiger partial charge on any atom is 0.0863 e. The number of rotatable bonds is 5. The summed E-state index contributed by atoms with van der Waals surface area (Å²) in [5, 5.41) is 9.92. The molecule has 1 aliphatic rings. The Labute approximate surface area is 110 Å². The van der Waals surface area contributed by atoms with Crippen LogP contribution in [0.5, 0.6) is 0 Å². The fraction of sp³-hybridized carbons (Fsp3) is 0.625. The van der Waals surface area contributed by atoms with Gasteiger partial charge in [0.15, 0.2) is 0 Å². The first-order valence-corrected chi connectivity index (χ1v) is 7.11. The second-order valence-electron chi connectivity index (χ2n) is 5.40. The molecule has 2 nitrogen and oxygen atoms in total. The summed E-state index contributed by atoms with van der Waals surface area (Å²) in [7, 11) is 0. The highest BCUT2D eigenvalue weighted by atomic mass is 16.5. The fourth-order valence-electron chi connectivity index (χ4n) is 2.90. The normalized spacial score (nSPS) is 20.6. The highest BCUT2D eigenvalue weighted by Crippen LogP contribution is 2.30. The summed E-state index contributed by atoms with van der Waals surface area (Å²) < 4.78 is 5.98. The molecule has 2 rings (SSSR count). The van der Waals surface area contributed by atoms with Gasteiger partial charge in [0, 0.05) is 0 Å². The van der Waals surface area contributed by atoms with Crippen molar-refractivity contribution >= 4 is 0 Å². The van der Waals surface area contributed by atoms with Gasteiger partial charge in [0.2, 0.25) is 0 Å². The zero-order chi connectivity index (χ0) is 12.8. The quantitative estimate of drug-likeness (QED) is 0.863. The molecule has 1 aromatic carbocycles. The van der Waals surface area contributed by atoms with Gasteiger partial charge in [-0.1, -0.05) is 49.6 Å². The van der Waals surface area contributed by atoms with Crippen LogP contribution in [0.2, 0.25) is 0 Å². The Kier molecular flexibility index (Phi) is 5.21. The molecule has 0 heterocycles. The minimum absolute atomic E-state index is 0.00879. The van der Waals surface area contributed by atoms with Crippen molar-refractivity contribution in [3.63, 3.8) is 0 Å². The Balaban J connectivity index is 1.90. The van der Waals surface area contributed by atoms with E-state index in [1.54, 1.807) is 0 Å². The molecule has 100 valence electrons. The maximum absolute atomic E-state index is 9.92. The third-order valence-electron chi connectivity index (χ3n) is 3.88. The van der Waals surface area contributed by atoms with E-state index in [-0.39, 0.29) is 12.2 Å². The molecule has 1 fully saturated rings. The van der Waals surface area contributed by atoms with E-state index in [0.29, 0.717) is 12.5 Å². The van der Waals surface area contributed by atoms with Crippen LogP contribution < -0.4 is 0 Å². The van der Waals surface area contributed by atoms with Crippen molar-refractivity contribution in [2.45, 2.75) is 57.8 Å². The molecule has 0 spiro atoms. The Morgan fingerprint density at radius 2 is 1.83 bits per heavy atom. The molecule has 2 atom stereocenters. The summed E-state index contributed by atoms with van der Waals surface area (Å²) in [6, 6.07) is 10.2. The molecular weight excluding hydrogens is 224 g/mol.